The molecule has 3 nitrogen and oxygen atoms in total. The normalized spacial score (nSPS) is 12.2. The van der Waals surface area contributed by atoms with Crippen LogP contribution in [0.5, 0.6) is 5.75 Å². The molecule has 3 N–H and O–H groups in total. The molecule has 0 aromatic heterocycles. The number of aryl methyl sites for hydroxylation is 1. The third-order valence-electron chi connectivity index (χ3n) is 3.21. The second-order valence-corrected chi connectivity index (χ2v) is 4.61. The second-order valence-electron chi connectivity index (χ2n) is 4.61. The van der Waals surface area contributed by atoms with E-state index in [1.54, 1.807) is 7.11 Å². The quantitative estimate of drug-likeness (QED) is 0.885. The van der Waals surface area contributed by atoms with E-state index in [9.17, 15) is 0 Å². The van der Waals surface area contributed by atoms with Crippen molar-refractivity contribution in [2.75, 3.05) is 13.7 Å². The van der Waals surface area contributed by atoms with Gasteiger partial charge in [-0.1, -0.05) is 42.0 Å². The molecule has 0 aliphatic heterocycles. The van der Waals surface area contributed by atoms with E-state index < -0.39 is 6.04 Å². The van der Waals surface area contributed by atoms with E-state index in [-0.39, 0.29) is 6.61 Å². The van der Waals surface area contributed by atoms with Gasteiger partial charge < -0.3 is 15.6 Å². The summed E-state index contributed by atoms with van der Waals surface area (Å²) >= 11 is 0. The lowest BCUT2D eigenvalue weighted by molar-refractivity contribution is 0.264. The van der Waals surface area contributed by atoms with Gasteiger partial charge in [-0.3, -0.25) is 0 Å². The van der Waals surface area contributed by atoms with Gasteiger partial charge in [0.2, 0.25) is 0 Å². The Hall–Kier alpha value is -1.84. The number of aliphatic hydroxyl groups is 1. The molecule has 0 unspecified atom stereocenters. The fourth-order valence-corrected chi connectivity index (χ4v) is 2.04. The van der Waals surface area contributed by atoms with Crippen LogP contribution in [0.4, 0.5) is 0 Å². The highest BCUT2D eigenvalue weighted by Crippen LogP contribution is 2.30. The van der Waals surface area contributed by atoms with Crippen LogP contribution in [0.15, 0.2) is 42.5 Å². The standard InChI is InChI=1S/C16H19NO2/c1-11-3-5-12(6-4-11)13-7-8-14(15(17)10-18)16(9-13)19-2/h3-9,15,18H,10,17H2,1-2H3/t15-/m0/s1. The van der Waals surface area contributed by atoms with Crippen LogP contribution < -0.4 is 10.5 Å². The minimum absolute atomic E-state index is 0.0970. The lowest BCUT2D eigenvalue weighted by atomic mass is 9.99. The van der Waals surface area contributed by atoms with E-state index in [1.807, 2.05) is 18.2 Å². The summed E-state index contributed by atoms with van der Waals surface area (Å²) in [6, 6.07) is 13.8. The average Bonchev–Trinajstić information content (AvgIpc) is 2.46. The van der Waals surface area contributed by atoms with Gasteiger partial charge in [-0.25, -0.2) is 0 Å². The summed E-state index contributed by atoms with van der Waals surface area (Å²) in [4.78, 5) is 0. The number of nitrogens with two attached hydrogens (primary N) is 1. The molecule has 0 aliphatic carbocycles. The van der Waals surface area contributed by atoms with Crippen molar-refractivity contribution in [1.29, 1.82) is 0 Å². The summed E-state index contributed by atoms with van der Waals surface area (Å²) in [5.74, 6) is 0.708. The van der Waals surface area contributed by atoms with E-state index in [0.717, 1.165) is 16.7 Å². The van der Waals surface area contributed by atoms with E-state index in [1.165, 1.54) is 5.56 Å². The van der Waals surface area contributed by atoms with Crippen molar-refractivity contribution >= 4 is 0 Å². The minimum atomic E-state index is -0.415. The third-order valence-corrected chi connectivity index (χ3v) is 3.21. The van der Waals surface area contributed by atoms with E-state index >= 15 is 0 Å². The Labute approximate surface area is 113 Å². The highest BCUT2D eigenvalue weighted by atomic mass is 16.5. The molecule has 0 spiro atoms. The van der Waals surface area contributed by atoms with Crippen molar-refractivity contribution in [2.24, 2.45) is 5.73 Å². The molecule has 0 fully saturated rings. The molecule has 0 saturated heterocycles. The number of methoxy groups -OCH3 is 1. The number of aliphatic hydroxyl groups excluding tert-OH is 1. The topological polar surface area (TPSA) is 55.5 Å². The van der Waals surface area contributed by atoms with Gasteiger partial charge in [0.05, 0.1) is 19.8 Å². The number of ether oxygens (including phenoxy) is 1. The summed E-state index contributed by atoms with van der Waals surface area (Å²) < 4.78 is 5.36. The van der Waals surface area contributed by atoms with Crippen molar-refractivity contribution in [1.82, 2.24) is 0 Å². The highest BCUT2D eigenvalue weighted by molar-refractivity contribution is 5.66. The van der Waals surface area contributed by atoms with E-state index in [0.29, 0.717) is 5.75 Å². The summed E-state index contributed by atoms with van der Waals surface area (Å²) in [7, 11) is 1.61. The molecule has 3 heteroatoms. The van der Waals surface area contributed by atoms with Crippen molar-refractivity contribution in [2.45, 2.75) is 13.0 Å². The molecule has 0 radical (unpaired) electrons. The van der Waals surface area contributed by atoms with Crippen molar-refractivity contribution in [3.05, 3.63) is 53.6 Å². The molecule has 0 aliphatic rings. The predicted molar refractivity (Wildman–Crippen MR) is 77.2 cm³/mol. The fraction of sp³-hybridized carbons (Fsp3) is 0.250. The van der Waals surface area contributed by atoms with Crippen LogP contribution in [-0.2, 0) is 0 Å². The Balaban J connectivity index is 2.41. The first kappa shape index (κ1) is 13.6. The Morgan fingerprint density at radius 3 is 2.32 bits per heavy atom. The van der Waals surface area contributed by atoms with Crippen LogP contribution >= 0.6 is 0 Å². The van der Waals surface area contributed by atoms with Gasteiger partial charge >= 0.3 is 0 Å². The predicted octanol–water partition coefficient (Wildman–Crippen LogP) is 2.66. The maximum Gasteiger partial charge on any atom is 0.124 e. The molecule has 0 saturated carbocycles. The van der Waals surface area contributed by atoms with Gasteiger partial charge in [-0.05, 0) is 24.1 Å². The van der Waals surface area contributed by atoms with Crippen LogP contribution in [0.25, 0.3) is 11.1 Å². The van der Waals surface area contributed by atoms with Gasteiger partial charge in [-0.15, -0.1) is 0 Å². The van der Waals surface area contributed by atoms with Crippen molar-refractivity contribution in [3.63, 3.8) is 0 Å². The Kier molecular flexibility index (Phi) is 4.20. The Morgan fingerprint density at radius 2 is 1.74 bits per heavy atom. The van der Waals surface area contributed by atoms with Crippen LogP contribution in [0.1, 0.15) is 17.2 Å². The maximum atomic E-state index is 9.14. The maximum absolute atomic E-state index is 9.14. The zero-order chi connectivity index (χ0) is 13.8. The van der Waals surface area contributed by atoms with Crippen molar-refractivity contribution < 1.29 is 9.84 Å². The largest absolute Gasteiger partial charge is 0.496 e. The second kappa shape index (κ2) is 5.87. The Bertz CT molecular complexity index is 549. The fourth-order valence-electron chi connectivity index (χ4n) is 2.04. The molecular weight excluding hydrogens is 238 g/mol. The summed E-state index contributed by atoms with van der Waals surface area (Å²) in [5.41, 5.74) is 10.1. The zero-order valence-electron chi connectivity index (χ0n) is 11.3. The molecule has 0 amide bonds. The highest BCUT2D eigenvalue weighted by Gasteiger charge is 2.12. The summed E-state index contributed by atoms with van der Waals surface area (Å²) in [6.45, 7) is 1.97. The molecule has 100 valence electrons. The Morgan fingerprint density at radius 1 is 1.11 bits per heavy atom. The lowest BCUT2D eigenvalue weighted by Gasteiger charge is -2.15. The average molecular weight is 257 g/mol. The number of rotatable bonds is 4. The molecular formula is C16H19NO2. The van der Waals surface area contributed by atoms with Crippen LogP contribution in [0.3, 0.4) is 0 Å². The molecule has 2 aromatic rings. The molecule has 2 aromatic carbocycles. The van der Waals surface area contributed by atoms with Crippen LogP contribution in [0.2, 0.25) is 0 Å². The van der Waals surface area contributed by atoms with Gasteiger partial charge in [-0.2, -0.15) is 0 Å². The number of benzene rings is 2. The van der Waals surface area contributed by atoms with Crippen LogP contribution in [-0.4, -0.2) is 18.8 Å². The smallest absolute Gasteiger partial charge is 0.124 e. The molecule has 19 heavy (non-hydrogen) atoms. The first-order valence-corrected chi connectivity index (χ1v) is 6.27. The zero-order valence-corrected chi connectivity index (χ0v) is 11.3. The van der Waals surface area contributed by atoms with Gasteiger partial charge in [0, 0.05) is 5.56 Å². The van der Waals surface area contributed by atoms with Crippen molar-refractivity contribution in [3.8, 4) is 16.9 Å². The summed E-state index contributed by atoms with van der Waals surface area (Å²) in [5, 5.41) is 9.14. The molecule has 0 bridgehead atoms. The van der Waals surface area contributed by atoms with Gasteiger partial charge in [0.1, 0.15) is 5.75 Å². The first-order valence-electron chi connectivity index (χ1n) is 6.27. The van der Waals surface area contributed by atoms with Gasteiger partial charge in [0.15, 0.2) is 0 Å². The van der Waals surface area contributed by atoms with E-state index in [2.05, 4.69) is 31.2 Å². The minimum Gasteiger partial charge on any atom is -0.496 e. The van der Waals surface area contributed by atoms with Crippen LogP contribution in [0, 0.1) is 6.92 Å². The lowest BCUT2D eigenvalue weighted by Crippen LogP contribution is -2.15. The number of hydrogen-bond acceptors (Lipinski definition) is 3. The molecule has 1 atom stereocenters. The summed E-state index contributed by atoms with van der Waals surface area (Å²) in [6.07, 6.45) is 0. The number of hydrogen-bond donors (Lipinski definition) is 2. The SMILES string of the molecule is COc1cc(-c2ccc(C)cc2)ccc1[C@@H](N)CO. The third kappa shape index (κ3) is 2.95. The first-order chi connectivity index (χ1) is 9.15. The molecule has 2 rings (SSSR count). The van der Waals surface area contributed by atoms with E-state index in [4.69, 9.17) is 15.6 Å². The monoisotopic (exact) mass is 257 g/mol. The van der Waals surface area contributed by atoms with Gasteiger partial charge in [0.25, 0.3) is 0 Å². The molecule has 0 heterocycles.